The highest BCUT2D eigenvalue weighted by Crippen LogP contribution is 2.28. The Labute approximate surface area is 169 Å². The molecule has 0 spiro atoms. The summed E-state index contributed by atoms with van der Waals surface area (Å²) in [5, 5.41) is 3.54. The van der Waals surface area contributed by atoms with Crippen LogP contribution in [-0.2, 0) is 14.8 Å². The number of carbonyl (C=O) groups excluding carboxylic acids is 1. The summed E-state index contributed by atoms with van der Waals surface area (Å²) >= 11 is 11.8. The fourth-order valence-corrected chi connectivity index (χ4v) is 4.00. The van der Waals surface area contributed by atoms with Crippen molar-refractivity contribution in [2.45, 2.75) is 17.9 Å². The van der Waals surface area contributed by atoms with E-state index in [4.69, 9.17) is 27.9 Å². The van der Waals surface area contributed by atoms with Gasteiger partial charge in [-0.1, -0.05) is 35.3 Å². The van der Waals surface area contributed by atoms with E-state index in [0.29, 0.717) is 10.8 Å². The van der Waals surface area contributed by atoms with E-state index in [-0.39, 0.29) is 22.5 Å². The molecule has 2 aromatic carbocycles. The smallest absolute Gasteiger partial charge is 0.243 e. The second kappa shape index (κ2) is 8.93. The maximum Gasteiger partial charge on any atom is 0.243 e. The van der Waals surface area contributed by atoms with Crippen LogP contribution in [0.2, 0.25) is 10.0 Å². The summed E-state index contributed by atoms with van der Waals surface area (Å²) in [5.74, 6) is -0.0593. The molecular weight excluding hydrogens is 411 g/mol. The molecule has 27 heavy (non-hydrogen) atoms. The van der Waals surface area contributed by atoms with Gasteiger partial charge in [-0.2, -0.15) is 4.31 Å². The molecule has 2 aromatic rings. The number of nitrogens with one attached hydrogen (secondary N) is 1. The summed E-state index contributed by atoms with van der Waals surface area (Å²) in [6.45, 7) is 1.47. The number of hydrogen-bond acceptors (Lipinski definition) is 4. The Bertz CT molecular complexity index is 917. The van der Waals surface area contributed by atoms with Crippen molar-refractivity contribution in [1.29, 1.82) is 0 Å². The van der Waals surface area contributed by atoms with Crippen molar-refractivity contribution in [1.82, 2.24) is 9.62 Å². The molecule has 2 rings (SSSR count). The Morgan fingerprint density at radius 2 is 1.81 bits per heavy atom. The van der Waals surface area contributed by atoms with Crippen molar-refractivity contribution in [2.24, 2.45) is 0 Å². The third-order valence-corrected chi connectivity index (χ3v) is 6.29. The standard InChI is InChI=1S/C18H20Cl2N2O4S/c1-12(13-4-6-14(19)7-5-13)21-18(23)11-22(2)27(24,25)15-8-9-17(26-3)16(20)10-15/h4-10,12H,11H2,1-3H3,(H,21,23)/t12-/m1/s1. The fraction of sp³-hybridized carbons (Fsp3) is 0.278. The summed E-state index contributed by atoms with van der Waals surface area (Å²) in [4.78, 5) is 12.2. The Kier molecular flexibility index (Phi) is 7.11. The lowest BCUT2D eigenvalue weighted by atomic mass is 10.1. The third kappa shape index (κ3) is 5.35. The number of ether oxygens (including phenoxy) is 1. The van der Waals surface area contributed by atoms with Crippen LogP contribution in [0.15, 0.2) is 47.4 Å². The molecule has 1 N–H and O–H groups in total. The average molecular weight is 431 g/mol. The van der Waals surface area contributed by atoms with Gasteiger partial charge in [0.25, 0.3) is 0 Å². The van der Waals surface area contributed by atoms with Crippen molar-refractivity contribution in [3.63, 3.8) is 0 Å². The number of carbonyl (C=O) groups is 1. The maximum atomic E-state index is 12.6. The van der Waals surface area contributed by atoms with Gasteiger partial charge in [-0.15, -0.1) is 0 Å². The number of amides is 1. The van der Waals surface area contributed by atoms with Crippen LogP contribution in [0, 0.1) is 0 Å². The molecule has 0 saturated heterocycles. The van der Waals surface area contributed by atoms with E-state index in [1.165, 1.54) is 32.4 Å². The minimum absolute atomic E-state index is 0.0191. The molecule has 0 saturated carbocycles. The number of hydrogen-bond donors (Lipinski definition) is 1. The number of likely N-dealkylation sites (N-methyl/N-ethyl adjacent to an activating group) is 1. The van der Waals surface area contributed by atoms with Crippen molar-refractivity contribution in [3.8, 4) is 5.75 Å². The largest absolute Gasteiger partial charge is 0.495 e. The zero-order valence-corrected chi connectivity index (χ0v) is 17.4. The molecule has 0 bridgehead atoms. The van der Waals surface area contributed by atoms with E-state index in [0.717, 1.165) is 9.87 Å². The van der Waals surface area contributed by atoms with Crippen LogP contribution in [-0.4, -0.2) is 39.3 Å². The molecule has 9 heteroatoms. The van der Waals surface area contributed by atoms with Gasteiger partial charge in [0, 0.05) is 12.1 Å². The Morgan fingerprint density at radius 3 is 2.37 bits per heavy atom. The number of benzene rings is 2. The van der Waals surface area contributed by atoms with Crippen molar-refractivity contribution < 1.29 is 17.9 Å². The van der Waals surface area contributed by atoms with Gasteiger partial charge in [-0.25, -0.2) is 8.42 Å². The first-order chi connectivity index (χ1) is 12.6. The molecule has 146 valence electrons. The molecule has 0 aliphatic rings. The van der Waals surface area contributed by atoms with Crippen LogP contribution in [0.4, 0.5) is 0 Å². The second-order valence-electron chi connectivity index (χ2n) is 5.90. The predicted octanol–water partition coefficient (Wildman–Crippen LogP) is 3.50. The van der Waals surface area contributed by atoms with Crippen LogP contribution in [0.3, 0.4) is 0 Å². The van der Waals surface area contributed by atoms with E-state index in [1.54, 1.807) is 31.2 Å². The molecule has 6 nitrogen and oxygen atoms in total. The van der Waals surface area contributed by atoms with Gasteiger partial charge in [0.15, 0.2) is 0 Å². The first kappa shape index (κ1) is 21.5. The molecular formula is C18H20Cl2N2O4S. The normalized spacial score (nSPS) is 12.7. The molecule has 1 atom stereocenters. The molecule has 1 amide bonds. The van der Waals surface area contributed by atoms with Crippen molar-refractivity contribution >= 4 is 39.1 Å². The van der Waals surface area contributed by atoms with Gasteiger partial charge in [-0.3, -0.25) is 4.79 Å². The molecule has 0 heterocycles. The molecule has 0 fully saturated rings. The minimum Gasteiger partial charge on any atom is -0.495 e. The number of nitrogens with zero attached hydrogens (tertiary/aromatic N) is 1. The zero-order chi connectivity index (χ0) is 20.2. The van der Waals surface area contributed by atoms with Crippen LogP contribution in [0.25, 0.3) is 0 Å². The van der Waals surface area contributed by atoms with Gasteiger partial charge >= 0.3 is 0 Å². The summed E-state index contributed by atoms with van der Waals surface area (Å²) in [7, 11) is -1.10. The van der Waals surface area contributed by atoms with Gasteiger partial charge in [0.2, 0.25) is 15.9 Å². The third-order valence-electron chi connectivity index (χ3n) is 3.95. The topological polar surface area (TPSA) is 75.7 Å². The van der Waals surface area contributed by atoms with Crippen LogP contribution in [0.5, 0.6) is 5.75 Å². The molecule has 0 aromatic heterocycles. The van der Waals surface area contributed by atoms with Gasteiger partial charge in [-0.05, 0) is 42.8 Å². The molecule has 0 radical (unpaired) electrons. The quantitative estimate of drug-likeness (QED) is 0.728. The van der Waals surface area contributed by atoms with Gasteiger partial charge in [0.05, 0.1) is 29.6 Å². The Balaban J connectivity index is 2.06. The van der Waals surface area contributed by atoms with E-state index < -0.39 is 15.9 Å². The second-order valence-corrected chi connectivity index (χ2v) is 8.79. The van der Waals surface area contributed by atoms with Crippen molar-refractivity contribution in [2.75, 3.05) is 20.7 Å². The Hall–Kier alpha value is -1.80. The summed E-state index contributed by atoms with van der Waals surface area (Å²) in [6.07, 6.45) is 0. The summed E-state index contributed by atoms with van der Waals surface area (Å²) in [6, 6.07) is 10.9. The molecule has 0 aliphatic carbocycles. The lowest BCUT2D eigenvalue weighted by molar-refractivity contribution is -0.121. The Morgan fingerprint density at radius 1 is 1.19 bits per heavy atom. The van der Waals surface area contributed by atoms with Crippen molar-refractivity contribution in [3.05, 3.63) is 58.1 Å². The van der Waals surface area contributed by atoms with E-state index in [1.807, 2.05) is 0 Å². The maximum absolute atomic E-state index is 12.6. The van der Waals surface area contributed by atoms with E-state index in [2.05, 4.69) is 5.32 Å². The first-order valence-corrected chi connectivity index (χ1v) is 10.2. The fourth-order valence-electron chi connectivity index (χ4n) is 2.40. The average Bonchev–Trinajstić information content (AvgIpc) is 2.61. The van der Waals surface area contributed by atoms with E-state index >= 15 is 0 Å². The highest BCUT2D eigenvalue weighted by Gasteiger charge is 2.24. The van der Waals surface area contributed by atoms with E-state index in [9.17, 15) is 13.2 Å². The predicted molar refractivity (Wildman–Crippen MR) is 106 cm³/mol. The van der Waals surface area contributed by atoms with Crippen LogP contribution in [0.1, 0.15) is 18.5 Å². The SMILES string of the molecule is COc1ccc(S(=O)(=O)N(C)CC(=O)N[C@H](C)c2ccc(Cl)cc2)cc1Cl. The first-order valence-electron chi connectivity index (χ1n) is 8.00. The zero-order valence-electron chi connectivity index (χ0n) is 15.1. The summed E-state index contributed by atoms with van der Waals surface area (Å²) in [5.41, 5.74) is 0.861. The lowest BCUT2D eigenvalue weighted by Gasteiger charge is -2.20. The lowest BCUT2D eigenvalue weighted by Crippen LogP contribution is -2.39. The van der Waals surface area contributed by atoms with Gasteiger partial charge < -0.3 is 10.1 Å². The molecule has 0 unspecified atom stereocenters. The highest BCUT2D eigenvalue weighted by molar-refractivity contribution is 7.89. The number of halogens is 2. The number of rotatable bonds is 7. The van der Waals surface area contributed by atoms with Crippen LogP contribution < -0.4 is 10.1 Å². The molecule has 0 aliphatic heterocycles. The monoisotopic (exact) mass is 430 g/mol. The minimum atomic E-state index is -3.87. The summed E-state index contributed by atoms with van der Waals surface area (Å²) < 4.78 is 31.3. The number of sulfonamides is 1. The highest BCUT2D eigenvalue weighted by atomic mass is 35.5. The van der Waals surface area contributed by atoms with Crippen LogP contribution >= 0.6 is 23.2 Å². The van der Waals surface area contributed by atoms with Gasteiger partial charge in [0.1, 0.15) is 5.75 Å². The number of methoxy groups -OCH3 is 1.